The lowest BCUT2D eigenvalue weighted by Crippen LogP contribution is -2.27. The molecule has 2 aliphatic carbocycles. The van der Waals surface area contributed by atoms with Crippen LogP contribution >= 0.6 is 23.5 Å². The molecule has 4 aromatic rings. The molecule has 0 fully saturated rings. The van der Waals surface area contributed by atoms with Crippen LogP contribution < -0.4 is 0 Å². The van der Waals surface area contributed by atoms with Gasteiger partial charge in [-0.2, -0.15) is 0 Å². The molecule has 6 rings (SSSR count). The van der Waals surface area contributed by atoms with Crippen molar-refractivity contribution in [2.24, 2.45) is 11.8 Å². The number of ketones is 7. The summed E-state index contributed by atoms with van der Waals surface area (Å²) in [6.07, 6.45) is 6.29. The van der Waals surface area contributed by atoms with Crippen LogP contribution in [0.2, 0.25) is 0 Å². The highest BCUT2D eigenvalue weighted by atomic mass is 32.2. The molecule has 2 heterocycles. The van der Waals surface area contributed by atoms with Crippen molar-refractivity contribution in [2.45, 2.75) is 9.79 Å². The molecule has 0 amide bonds. The van der Waals surface area contributed by atoms with Gasteiger partial charge in [0.05, 0.1) is 11.5 Å². The average molecular weight is 621 g/mol. The van der Waals surface area contributed by atoms with E-state index in [1.54, 1.807) is 49.1 Å². The lowest BCUT2D eigenvalue weighted by molar-refractivity contribution is -0.118. The molecule has 0 radical (unpaired) electrons. The number of rotatable bonds is 10. The van der Waals surface area contributed by atoms with Crippen molar-refractivity contribution >= 4 is 64.0 Å². The van der Waals surface area contributed by atoms with E-state index in [-0.39, 0.29) is 44.9 Å². The summed E-state index contributed by atoms with van der Waals surface area (Å²) in [7, 11) is 0. The Balaban J connectivity index is 1.18. The Hall–Kier alpha value is -4.87. The SMILES string of the molecule is O=C(c1ccc2c(c1)C(=O)C(C(=O)CSc1ccncc1)C2=O)c1ccc2c(c1)C(=O)C(C(=O)CSc1ccncc1)C2=O. The Kier molecular flexibility index (Phi) is 7.98. The van der Waals surface area contributed by atoms with Crippen molar-refractivity contribution in [3.63, 3.8) is 0 Å². The summed E-state index contributed by atoms with van der Waals surface area (Å²) in [4.78, 5) is 101. The van der Waals surface area contributed by atoms with E-state index in [0.717, 1.165) is 9.79 Å². The summed E-state index contributed by atoms with van der Waals surface area (Å²) in [6, 6.07) is 14.9. The molecule has 2 aromatic heterocycles. The summed E-state index contributed by atoms with van der Waals surface area (Å²) in [5.41, 5.74) is 0.249. The van der Waals surface area contributed by atoms with Gasteiger partial charge in [0.25, 0.3) is 0 Å². The molecule has 0 spiro atoms. The molecular formula is C33H20N2O7S2. The van der Waals surface area contributed by atoms with Crippen LogP contribution in [0.4, 0.5) is 0 Å². The van der Waals surface area contributed by atoms with Crippen molar-refractivity contribution in [2.75, 3.05) is 11.5 Å². The predicted molar refractivity (Wildman–Crippen MR) is 161 cm³/mol. The zero-order valence-corrected chi connectivity index (χ0v) is 24.4. The van der Waals surface area contributed by atoms with E-state index in [4.69, 9.17) is 0 Å². The molecule has 2 aromatic carbocycles. The number of hydrogen-bond acceptors (Lipinski definition) is 11. The first-order valence-electron chi connectivity index (χ1n) is 13.4. The Morgan fingerprint density at radius 2 is 0.886 bits per heavy atom. The lowest BCUT2D eigenvalue weighted by atomic mass is 9.96. The van der Waals surface area contributed by atoms with E-state index in [9.17, 15) is 33.6 Å². The minimum absolute atomic E-state index is 0.0158. The summed E-state index contributed by atoms with van der Waals surface area (Å²) < 4.78 is 0. The van der Waals surface area contributed by atoms with E-state index < -0.39 is 52.3 Å². The smallest absolute Gasteiger partial charge is 0.193 e. The fourth-order valence-corrected chi connectivity index (χ4v) is 6.74. The first kappa shape index (κ1) is 29.2. The number of thioether (sulfide) groups is 2. The number of aromatic nitrogens is 2. The van der Waals surface area contributed by atoms with Crippen LogP contribution in [0.3, 0.4) is 0 Å². The van der Waals surface area contributed by atoms with Gasteiger partial charge in [-0.05, 0) is 48.5 Å². The number of benzene rings is 2. The topological polar surface area (TPSA) is 145 Å². The second kappa shape index (κ2) is 12.0. The number of pyridine rings is 2. The summed E-state index contributed by atoms with van der Waals surface area (Å²) in [5, 5.41) is 0. The first-order chi connectivity index (χ1) is 21.2. The zero-order valence-electron chi connectivity index (χ0n) is 22.7. The number of fused-ring (bicyclic) bond motifs is 2. The Bertz CT molecular complexity index is 1770. The molecule has 0 N–H and O–H groups in total. The minimum Gasteiger partial charge on any atom is -0.297 e. The molecule has 0 aliphatic heterocycles. The Labute approximate surface area is 258 Å². The largest absolute Gasteiger partial charge is 0.297 e. The van der Waals surface area contributed by atoms with Crippen LogP contribution in [0.15, 0.2) is 95.2 Å². The normalized spacial score (nSPS) is 17.0. The molecule has 0 saturated carbocycles. The second-order valence-electron chi connectivity index (χ2n) is 10.0. The molecule has 9 nitrogen and oxygen atoms in total. The van der Waals surface area contributed by atoms with E-state index in [2.05, 4.69) is 9.97 Å². The first-order valence-corrected chi connectivity index (χ1v) is 15.3. The van der Waals surface area contributed by atoms with Crippen LogP contribution in [-0.2, 0) is 9.59 Å². The van der Waals surface area contributed by atoms with Crippen LogP contribution in [0.1, 0.15) is 57.4 Å². The van der Waals surface area contributed by atoms with Gasteiger partial charge in [-0.3, -0.25) is 43.5 Å². The maximum Gasteiger partial charge on any atom is 0.193 e. The quantitative estimate of drug-likeness (QED) is 0.141. The maximum atomic E-state index is 13.4. The van der Waals surface area contributed by atoms with Crippen molar-refractivity contribution in [3.8, 4) is 0 Å². The van der Waals surface area contributed by atoms with Crippen molar-refractivity contribution in [3.05, 3.63) is 119 Å². The van der Waals surface area contributed by atoms with E-state index in [1.807, 2.05) is 0 Å². The molecule has 216 valence electrons. The van der Waals surface area contributed by atoms with E-state index >= 15 is 0 Å². The molecule has 0 saturated heterocycles. The number of carbonyl (C=O) groups excluding carboxylic acids is 7. The van der Waals surface area contributed by atoms with Gasteiger partial charge in [0.2, 0.25) is 0 Å². The standard InChI is InChI=1S/C33H20N2O7S2/c36-25(15-43-19-5-9-34-10-6-19)27-30(39)21-3-1-17(13-23(21)32(27)41)29(38)18-2-4-22-24(14-18)33(42)28(31(22)40)26(37)16-44-20-7-11-35-12-8-20/h1-14,27-28H,15-16H2. The number of carbonyl (C=O) groups is 7. The molecule has 44 heavy (non-hydrogen) atoms. The van der Waals surface area contributed by atoms with Crippen LogP contribution in [0, 0.1) is 11.8 Å². The van der Waals surface area contributed by atoms with Crippen molar-refractivity contribution in [1.29, 1.82) is 0 Å². The fourth-order valence-electron chi connectivity index (χ4n) is 5.16. The van der Waals surface area contributed by atoms with Gasteiger partial charge in [0.15, 0.2) is 40.5 Å². The Morgan fingerprint density at radius 1 is 0.523 bits per heavy atom. The second-order valence-corrected chi connectivity index (χ2v) is 12.1. The van der Waals surface area contributed by atoms with Crippen molar-refractivity contribution < 1.29 is 33.6 Å². The third kappa shape index (κ3) is 5.36. The summed E-state index contributed by atoms with van der Waals surface area (Å²) in [5.74, 6) is -7.28. The zero-order chi connectivity index (χ0) is 31.0. The maximum absolute atomic E-state index is 13.4. The highest BCUT2D eigenvalue weighted by molar-refractivity contribution is 8.00. The van der Waals surface area contributed by atoms with Crippen LogP contribution in [-0.4, -0.2) is 62.0 Å². The highest BCUT2D eigenvalue weighted by Crippen LogP contribution is 2.33. The predicted octanol–water partition coefficient (Wildman–Crippen LogP) is 4.42. The van der Waals surface area contributed by atoms with E-state index in [1.165, 1.54) is 59.9 Å². The van der Waals surface area contributed by atoms with Crippen LogP contribution in [0.25, 0.3) is 0 Å². The highest BCUT2D eigenvalue weighted by Gasteiger charge is 2.44. The van der Waals surface area contributed by atoms with Gasteiger partial charge in [-0.15, -0.1) is 23.5 Å². The summed E-state index contributed by atoms with van der Waals surface area (Å²) in [6.45, 7) is 0. The molecular weight excluding hydrogens is 601 g/mol. The molecule has 0 bridgehead atoms. The molecule has 2 aliphatic rings. The minimum atomic E-state index is -1.47. The molecule has 11 heteroatoms. The van der Waals surface area contributed by atoms with Gasteiger partial charge in [-0.1, -0.05) is 12.1 Å². The number of nitrogens with zero attached hydrogens (tertiary/aromatic N) is 2. The van der Waals surface area contributed by atoms with Gasteiger partial charge >= 0.3 is 0 Å². The molecule has 2 unspecified atom stereocenters. The van der Waals surface area contributed by atoms with Gasteiger partial charge in [0, 0.05) is 68.0 Å². The molecule has 2 atom stereocenters. The average Bonchev–Trinajstić information content (AvgIpc) is 3.46. The van der Waals surface area contributed by atoms with Crippen molar-refractivity contribution in [1.82, 2.24) is 9.97 Å². The van der Waals surface area contributed by atoms with Gasteiger partial charge < -0.3 is 0 Å². The van der Waals surface area contributed by atoms with E-state index in [0.29, 0.717) is 0 Å². The van der Waals surface area contributed by atoms with Gasteiger partial charge in [0.1, 0.15) is 11.8 Å². The number of Topliss-reactive ketones (excluding diaryl/α,β-unsaturated/α-hetero) is 6. The monoisotopic (exact) mass is 620 g/mol. The van der Waals surface area contributed by atoms with Gasteiger partial charge in [-0.25, -0.2) is 0 Å². The summed E-state index contributed by atoms with van der Waals surface area (Å²) >= 11 is 2.39. The third-order valence-corrected chi connectivity index (χ3v) is 9.45. The number of hydrogen-bond donors (Lipinski definition) is 0. The lowest BCUT2D eigenvalue weighted by Gasteiger charge is -2.06. The van der Waals surface area contributed by atoms with Crippen LogP contribution in [0.5, 0.6) is 0 Å². The fraction of sp³-hybridized carbons (Fsp3) is 0.121. The third-order valence-electron chi connectivity index (χ3n) is 7.38. The Morgan fingerprint density at radius 3 is 1.27 bits per heavy atom.